The van der Waals surface area contributed by atoms with Crippen LogP contribution in [-0.2, 0) is 0 Å². The number of hydrogen-bond donors (Lipinski definition) is 2. The van der Waals surface area contributed by atoms with Crippen molar-refractivity contribution in [2.75, 3.05) is 12.0 Å². The molecule has 0 radical (unpaired) electrons. The lowest BCUT2D eigenvalue weighted by atomic mass is 10.0. The first-order chi connectivity index (χ1) is 7.13. The van der Waals surface area contributed by atoms with Gasteiger partial charge in [0, 0.05) is 12.1 Å². The number of anilines is 1. The minimum Gasteiger partial charge on any atom is -0.303 e. The Kier molecular flexibility index (Phi) is 2.40. The van der Waals surface area contributed by atoms with Crippen LogP contribution in [-0.4, -0.2) is 11.6 Å². The van der Waals surface area contributed by atoms with Crippen molar-refractivity contribution in [3.05, 3.63) is 35.4 Å². The number of nitrogens with one attached hydrogen (secondary N) is 2. The first-order valence-corrected chi connectivity index (χ1v) is 5.23. The third-order valence-corrected chi connectivity index (χ3v) is 2.75. The third-order valence-electron chi connectivity index (χ3n) is 2.75. The Bertz CT molecular complexity index is 410. The summed E-state index contributed by atoms with van der Waals surface area (Å²) in [6, 6.07) is 4.34. The van der Waals surface area contributed by atoms with Crippen LogP contribution in [0, 0.1) is 13.8 Å². The molecule has 0 atom stereocenters. The number of hydrogen-bond acceptors (Lipinski definition) is 3. The zero-order valence-corrected chi connectivity index (χ0v) is 9.52. The molecule has 2 N–H and O–H groups in total. The molecule has 0 aliphatic carbocycles. The molecule has 0 amide bonds. The van der Waals surface area contributed by atoms with Crippen LogP contribution in [0.25, 0.3) is 5.70 Å². The van der Waals surface area contributed by atoms with Crippen LogP contribution >= 0.6 is 0 Å². The van der Waals surface area contributed by atoms with Crippen molar-refractivity contribution in [2.24, 2.45) is 0 Å². The Morgan fingerprint density at radius 3 is 2.73 bits per heavy atom. The molecule has 0 bridgehead atoms. The van der Waals surface area contributed by atoms with Gasteiger partial charge in [-0.25, -0.2) is 0 Å². The van der Waals surface area contributed by atoms with E-state index in [1.807, 2.05) is 5.01 Å². The first-order valence-electron chi connectivity index (χ1n) is 5.23. The van der Waals surface area contributed by atoms with E-state index in [0.717, 1.165) is 17.9 Å². The summed E-state index contributed by atoms with van der Waals surface area (Å²) in [4.78, 5) is 0. The summed E-state index contributed by atoms with van der Waals surface area (Å²) in [5.41, 5.74) is 12.2. The SMILES string of the molecule is C=C1c2cc(C)cc(C)c2NNN1CC. The fourth-order valence-corrected chi connectivity index (χ4v) is 1.97. The summed E-state index contributed by atoms with van der Waals surface area (Å²) in [5.74, 6) is 0. The predicted octanol–water partition coefficient (Wildman–Crippen LogP) is 2.44. The second-order valence-corrected chi connectivity index (χ2v) is 3.93. The molecular formula is C12H17N3. The largest absolute Gasteiger partial charge is 0.303 e. The highest BCUT2D eigenvalue weighted by Crippen LogP contribution is 2.31. The van der Waals surface area contributed by atoms with Crippen LogP contribution in [0.3, 0.4) is 0 Å². The van der Waals surface area contributed by atoms with Crippen molar-refractivity contribution in [3.8, 4) is 0 Å². The van der Waals surface area contributed by atoms with Crippen molar-refractivity contribution < 1.29 is 0 Å². The maximum Gasteiger partial charge on any atom is 0.0628 e. The maximum atomic E-state index is 4.11. The molecule has 2 rings (SSSR count). The summed E-state index contributed by atoms with van der Waals surface area (Å²) in [7, 11) is 0. The van der Waals surface area contributed by atoms with Gasteiger partial charge in [-0.3, -0.25) is 5.01 Å². The number of rotatable bonds is 1. The monoisotopic (exact) mass is 203 g/mol. The second kappa shape index (κ2) is 3.59. The summed E-state index contributed by atoms with van der Waals surface area (Å²) < 4.78 is 0. The van der Waals surface area contributed by atoms with Crippen LogP contribution in [0.2, 0.25) is 0 Å². The van der Waals surface area contributed by atoms with Crippen molar-refractivity contribution in [2.45, 2.75) is 20.8 Å². The smallest absolute Gasteiger partial charge is 0.0628 e. The fraction of sp³-hybridized carbons (Fsp3) is 0.333. The molecule has 1 aliphatic heterocycles. The van der Waals surface area contributed by atoms with Crippen LogP contribution in [0.15, 0.2) is 18.7 Å². The topological polar surface area (TPSA) is 27.3 Å². The zero-order valence-electron chi connectivity index (χ0n) is 9.52. The van der Waals surface area contributed by atoms with Gasteiger partial charge in [-0.2, -0.15) is 0 Å². The molecule has 0 aromatic heterocycles. The average molecular weight is 203 g/mol. The fourth-order valence-electron chi connectivity index (χ4n) is 1.97. The molecule has 1 aromatic rings. The first kappa shape index (κ1) is 10.1. The van der Waals surface area contributed by atoms with Gasteiger partial charge in [-0.05, 0) is 32.4 Å². The lowest BCUT2D eigenvalue weighted by molar-refractivity contribution is 0.326. The minimum atomic E-state index is 0.887. The van der Waals surface area contributed by atoms with Crippen molar-refractivity contribution in [1.82, 2.24) is 10.5 Å². The van der Waals surface area contributed by atoms with Gasteiger partial charge in [0.1, 0.15) is 0 Å². The lowest BCUT2D eigenvalue weighted by Gasteiger charge is -2.34. The van der Waals surface area contributed by atoms with E-state index in [-0.39, 0.29) is 0 Å². The number of aryl methyl sites for hydroxylation is 2. The van der Waals surface area contributed by atoms with Crippen LogP contribution in [0.5, 0.6) is 0 Å². The van der Waals surface area contributed by atoms with Gasteiger partial charge >= 0.3 is 0 Å². The molecule has 1 aromatic carbocycles. The van der Waals surface area contributed by atoms with E-state index < -0.39 is 0 Å². The van der Waals surface area contributed by atoms with Crippen molar-refractivity contribution in [3.63, 3.8) is 0 Å². The number of benzene rings is 1. The molecule has 0 saturated heterocycles. The molecule has 0 unspecified atom stereocenters. The molecule has 0 saturated carbocycles. The van der Waals surface area contributed by atoms with Gasteiger partial charge in [-0.1, -0.05) is 18.2 Å². The zero-order chi connectivity index (χ0) is 11.0. The quantitative estimate of drug-likeness (QED) is 0.734. The minimum absolute atomic E-state index is 0.887. The third kappa shape index (κ3) is 1.59. The van der Waals surface area contributed by atoms with Crippen LogP contribution in [0.1, 0.15) is 23.6 Å². The van der Waals surface area contributed by atoms with Crippen molar-refractivity contribution in [1.29, 1.82) is 0 Å². The van der Waals surface area contributed by atoms with E-state index in [2.05, 4.69) is 50.4 Å². The normalized spacial score (nSPS) is 14.9. The Morgan fingerprint density at radius 1 is 1.33 bits per heavy atom. The maximum absolute atomic E-state index is 4.11. The predicted molar refractivity (Wildman–Crippen MR) is 64.1 cm³/mol. The highest BCUT2D eigenvalue weighted by Gasteiger charge is 2.19. The summed E-state index contributed by atoms with van der Waals surface area (Å²) in [6.45, 7) is 11.3. The van der Waals surface area contributed by atoms with E-state index >= 15 is 0 Å². The lowest BCUT2D eigenvalue weighted by Crippen LogP contribution is -2.43. The second-order valence-electron chi connectivity index (χ2n) is 3.93. The highest BCUT2D eigenvalue weighted by molar-refractivity contribution is 5.78. The highest BCUT2D eigenvalue weighted by atomic mass is 15.7. The van der Waals surface area contributed by atoms with Gasteiger partial charge < -0.3 is 5.43 Å². The number of nitrogens with zero attached hydrogens (tertiary/aromatic N) is 1. The number of fused-ring (bicyclic) bond motifs is 1. The van der Waals surface area contributed by atoms with Gasteiger partial charge in [0.25, 0.3) is 0 Å². The molecule has 3 heteroatoms. The Morgan fingerprint density at radius 2 is 2.07 bits per heavy atom. The molecular weight excluding hydrogens is 186 g/mol. The summed E-state index contributed by atoms with van der Waals surface area (Å²) in [6.07, 6.45) is 0. The Labute approximate surface area is 90.7 Å². The van der Waals surface area contributed by atoms with E-state index in [9.17, 15) is 0 Å². The van der Waals surface area contributed by atoms with Gasteiger partial charge in [0.15, 0.2) is 0 Å². The van der Waals surface area contributed by atoms with Gasteiger partial charge in [-0.15, -0.1) is 5.53 Å². The average Bonchev–Trinajstić information content (AvgIpc) is 2.19. The molecule has 80 valence electrons. The van der Waals surface area contributed by atoms with Gasteiger partial charge in [0.2, 0.25) is 0 Å². The van der Waals surface area contributed by atoms with Crippen molar-refractivity contribution >= 4 is 11.4 Å². The Balaban J connectivity index is 2.51. The molecule has 0 spiro atoms. The van der Waals surface area contributed by atoms with E-state index in [1.54, 1.807) is 0 Å². The number of hydrazine groups is 2. The standard InChI is InChI=1S/C12H17N3/c1-5-15-10(4)11-7-8(2)6-9(3)12(11)13-14-15/h6-7,13-14H,4-5H2,1-3H3. The molecule has 3 nitrogen and oxygen atoms in total. The summed E-state index contributed by atoms with van der Waals surface area (Å²) >= 11 is 0. The van der Waals surface area contributed by atoms with Gasteiger partial charge in [0.05, 0.1) is 11.4 Å². The Hall–Kier alpha value is -1.48. The molecule has 1 aliphatic rings. The van der Waals surface area contributed by atoms with Crippen LogP contribution < -0.4 is 11.0 Å². The van der Waals surface area contributed by atoms with Crippen LogP contribution in [0.4, 0.5) is 5.69 Å². The molecule has 1 heterocycles. The van der Waals surface area contributed by atoms with E-state index in [0.29, 0.717) is 0 Å². The molecule has 0 fully saturated rings. The van der Waals surface area contributed by atoms with E-state index in [1.165, 1.54) is 16.7 Å². The van der Waals surface area contributed by atoms with E-state index in [4.69, 9.17) is 0 Å². The molecule has 15 heavy (non-hydrogen) atoms. The summed E-state index contributed by atoms with van der Waals surface area (Å²) in [5, 5.41) is 2.00.